The van der Waals surface area contributed by atoms with Crippen LogP contribution in [0.5, 0.6) is 0 Å². The van der Waals surface area contributed by atoms with Crippen LogP contribution >= 0.6 is 0 Å². The van der Waals surface area contributed by atoms with E-state index in [4.69, 9.17) is 5.84 Å². The number of rotatable bonds is 7. The summed E-state index contributed by atoms with van der Waals surface area (Å²) in [6.45, 7) is 4.80. The fourth-order valence-corrected chi connectivity index (χ4v) is 1.68. The van der Waals surface area contributed by atoms with Gasteiger partial charge in [0.05, 0.1) is 4.92 Å². The molecule has 0 spiro atoms. The van der Waals surface area contributed by atoms with Crippen LogP contribution in [0.2, 0.25) is 0 Å². The van der Waals surface area contributed by atoms with Crippen LogP contribution in [0.15, 0.2) is 6.20 Å². The summed E-state index contributed by atoms with van der Waals surface area (Å²) in [6, 6.07) is 0.0178. The summed E-state index contributed by atoms with van der Waals surface area (Å²) in [5.41, 5.74) is 2.11. The Kier molecular flexibility index (Phi) is 5.59. The number of nitrogen functional groups attached to an aromatic ring is 1. The van der Waals surface area contributed by atoms with Crippen LogP contribution in [0.25, 0.3) is 0 Å². The Hall–Kier alpha value is -2.00. The van der Waals surface area contributed by atoms with Gasteiger partial charge in [-0.3, -0.25) is 15.5 Å². The molecule has 112 valence electrons. The molecule has 0 aromatic carbocycles. The number of hydrogen-bond acceptors (Lipinski definition) is 8. The zero-order chi connectivity index (χ0) is 15.3. The SMILES string of the molecule is CC(C)C(CN(C)C)Nc1nc(NN)ncc1[N+](=O)[O-]. The molecule has 0 fully saturated rings. The highest BCUT2D eigenvalue weighted by atomic mass is 16.6. The molecule has 0 radical (unpaired) electrons. The lowest BCUT2D eigenvalue weighted by atomic mass is 10.0. The minimum Gasteiger partial charge on any atom is -0.360 e. The van der Waals surface area contributed by atoms with Crippen LogP contribution in [0.4, 0.5) is 17.5 Å². The summed E-state index contributed by atoms with van der Waals surface area (Å²) < 4.78 is 0. The van der Waals surface area contributed by atoms with Crippen LogP contribution in [0.3, 0.4) is 0 Å². The normalized spacial score (nSPS) is 12.6. The first kappa shape index (κ1) is 16.1. The standard InChI is InChI=1S/C11H21N7O2/c1-7(2)8(6-17(3)4)14-10-9(18(19)20)5-13-11(15-10)16-12/h5,7-8H,6,12H2,1-4H3,(H2,13,14,15,16). The summed E-state index contributed by atoms with van der Waals surface area (Å²) >= 11 is 0. The topological polar surface area (TPSA) is 122 Å². The average Bonchev–Trinajstić information content (AvgIpc) is 2.36. The fraction of sp³-hybridized carbons (Fsp3) is 0.636. The zero-order valence-corrected chi connectivity index (χ0v) is 12.1. The molecule has 9 nitrogen and oxygen atoms in total. The molecule has 0 saturated carbocycles. The number of aromatic nitrogens is 2. The second-order valence-corrected chi connectivity index (χ2v) is 5.09. The van der Waals surface area contributed by atoms with Crippen LogP contribution in [0, 0.1) is 16.0 Å². The Bertz CT molecular complexity index is 464. The van der Waals surface area contributed by atoms with Gasteiger partial charge in [0.25, 0.3) is 0 Å². The summed E-state index contributed by atoms with van der Waals surface area (Å²) in [5.74, 6) is 5.81. The molecule has 1 rings (SSSR count). The molecule has 0 aliphatic heterocycles. The lowest BCUT2D eigenvalue weighted by Crippen LogP contribution is -2.37. The fourth-order valence-electron chi connectivity index (χ4n) is 1.68. The molecule has 4 N–H and O–H groups in total. The molecule has 20 heavy (non-hydrogen) atoms. The van der Waals surface area contributed by atoms with Crippen LogP contribution in [0.1, 0.15) is 13.8 Å². The monoisotopic (exact) mass is 283 g/mol. The van der Waals surface area contributed by atoms with Gasteiger partial charge in [0.1, 0.15) is 6.20 Å². The largest absolute Gasteiger partial charge is 0.360 e. The van der Waals surface area contributed by atoms with E-state index in [1.54, 1.807) is 0 Å². The van der Waals surface area contributed by atoms with Gasteiger partial charge < -0.3 is 10.2 Å². The first-order valence-electron chi connectivity index (χ1n) is 6.24. The molecule has 1 heterocycles. The van der Waals surface area contributed by atoms with Crippen molar-refractivity contribution < 1.29 is 4.92 Å². The minimum absolute atomic E-state index is 0.0178. The minimum atomic E-state index is -0.518. The number of hydrazine groups is 1. The molecule has 0 aliphatic rings. The average molecular weight is 283 g/mol. The van der Waals surface area contributed by atoms with Gasteiger partial charge in [0.15, 0.2) is 0 Å². The van der Waals surface area contributed by atoms with Crippen molar-refractivity contribution >= 4 is 17.5 Å². The molecule has 0 saturated heterocycles. The Morgan fingerprint density at radius 2 is 2.15 bits per heavy atom. The predicted molar refractivity (Wildman–Crippen MR) is 77.3 cm³/mol. The van der Waals surface area contributed by atoms with Crippen molar-refractivity contribution in [1.29, 1.82) is 0 Å². The summed E-state index contributed by atoms with van der Waals surface area (Å²) in [5, 5.41) is 14.1. The maximum absolute atomic E-state index is 11.0. The number of nitrogens with zero attached hydrogens (tertiary/aromatic N) is 4. The van der Waals surface area contributed by atoms with E-state index >= 15 is 0 Å². The van der Waals surface area contributed by atoms with Crippen molar-refractivity contribution in [3.63, 3.8) is 0 Å². The van der Waals surface area contributed by atoms with E-state index in [0.29, 0.717) is 0 Å². The van der Waals surface area contributed by atoms with E-state index in [2.05, 4.69) is 20.7 Å². The molecular formula is C11H21N7O2. The second-order valence-electron chi connectivity index (χ2n) is 5.09. The van der Waals surface area contributed by atoms with Crippen molar-refractivity contribution in [3.8, 4) is 0 Å². The van der Waals surface area contributed by atoms with E-state index in [1.807, 2.05) is 32.8 Å². The molecular weight excluding hydrogens is 262 g/mol. The molecule has 1 atom stereocenters. The predicted octanol–water partition coefficient (Wildman–Crippen LogP) is 0.669. The molecule has 9 heteroatoms. The van der Waals surface area contributed by atoms with Crippen LogP contribution < -0.4 is 16.6 Å². The molecule has 0 bridgehead atoms. The van der Waals surface area contributed by atoms with E-state index in [9.17, 15) is 10.1 Å². The number of anilines is 2. The summed E-state index contributed by atoms with van der Waals surface area (Å²) in [6.07, 6.45) is 1.14. The molecule has 1 aromatic heterocycles. The lowest BCUT2D eigenvalue weighted by molar-refractivity contribution is -0.384. The van der Waals surface area contributed by atoms with Crippen LogP contribution in [-0.2, 0) is 0 Å². The van der Waals surface area contributed by atoms with Crippen molar-refractivity contribution in [2.75, 3.05) is 31.4 Å². The van der Waals surface area contributed by atoms with Crippen molar-refractivity contribution in [3.05, 3.63) is 16.3 Å². The summed E-state index contributed by atoms with van der Waals surface area (Å²) in [7, 11) is 3.89. The maximum atomic E-state index is 11.0. The molecule has 1 aromatic rings. The van der Waals surface area contributed by atoms with Crippen molar-refractivity contribution in [2.24, 2.45) is 11.8 Å². The third-order valence-corrected chi connectivity index (χ3v) is 2.78. The van der Waals surface area contributed by atoms with Crippen molar-refractivity contribution in [2.45, 2.75) is 19.9 Å². The smallest absolute Gasteiger partial charge is 0.329 e. The maximum Gasteiger partial charge on any atom is 0.329 e. The van der Waals surface area contributed by atoms with E-state index in [1.165, 1.54) is 0 Å². The third kappa shape index (κ3) is 4.28. The summed E-state index contributed by atoms with van der Waals surface area (Å²) in [4.78, 5) is 20.3. The Morgan fingerprint density at radius 3 is 2.60 bits per heavy atom. The molecule has 0 amide bonds. The van der Waals surface area contributed by atoms with Gasteiger partial charge in [-0.2, -0.15) is 4.98 Å². The second kappa shape index (κ2) is 6.96. The van der Waals surface area contributed by atoms with Gasteiger partial charge in [0.2, 0.25) is 11.8 Å². The van der Waals surface area contributed by atoms with Crippen LogP contribution in [-0.4, -0.2) is 46.5 Å². The first-order chi connectivity index (χ1) is 9.35. The quantitative estimate of drug-likeness (QED) is 0.379. The number of likely N-dealkylation sites (N-methyl/N-ethyl adjacent to an activating group) is 1. The number of nitro groups is 1. The molecule has 1 unspecified atom stereocenters. The van der Waals surface area contributed by atoms with Gasteiger partial charge in [-0.15, -0.1) is 0 Å². The van der Waals surface area contributed by atoms with Crippen molar-refractivity contribution in [1.82, 2.24) is 14.9 Å². The number of nitrogens with two attached hydrogens (primary N) is 1. The Labute approximate surface area is 117 Å². The highest BCUT2D eigenvalue weighted by molar-refractivity contribution is 5.57. The first-order valence-corrected chi connectivity index (χ1v) is 6.24. The van der Waals surface area contributed by atoms with E-state index < -0.39 is 4.92 Å². The van der Waals surface area contributed by atoms with E-state index in [-0.39, 0.29) is 29.4 Å². The number of hydrogen-bond donors (Lipinski definition) is 3. The lowest BCUT2D eigenvalue weighted by Gasteiger charge is -2.25. The van der Waals surface area contributed by atoms with Gasteiger partial charge in [0, 0.05) is 12.6 Å². The zero-order valence-electron chi connectivity index (χ0n) is 12.1. The number of nitrogens with one attached hydrogen (secondary N) is 2. The van der Waals surface area contributed by atoms with E-state index in [0.717, 1.165) is 12.7 Å². The highest BCUT2D eigenvalue weighted by Crippen LogP contribution is 2.23. The molecule has 0 aliphatic carbocycles. The highest BCUT2D eigenvalue weighted by Gasteiger charge is 2.22. The third-order valence-electron chi connectivity index (χ3n) is 2.78. The van der Waals surface area contributed by atoms with Gasteiger partial charge in [-0.1, -0.05) is 13.8 Å². The Balaban J connectivity index is 3.05. The van der Waals surface area contributed by atoms with Gasteiger partial charge in [-0.05, 0) is 20.0 Å². The van der Waals surface area contributed by atoms with Gasteiger partial charge >= 0.3 is 5.69 Å². The Morgan fingerprint density at radius 1 is 1.50 bits per heavy atom. The van der Waals surface area contributed by atoms with Gasteiger partial charge in [-0.25, -0.2) is 10.8 Å².